The van der Waals surface area contributed by atoms with Gasteiger partial charge in [0.25, 0.3) is 6.47 Å². The molecule has 0 bridgehead atoms. The van der Waals surface area contributed by atoms with E-state index in [1.165, 1.54) is 7.11 Å². The van der Waals surface area contributed by atoms with Gasteiger partial charge in [-0.05, 0) is 35.9 Å². The molecular weight excluding hydrogens is 384 g/mol. The molecule has 3 aromatic rings. The molecule has 28 heavy (non-hydrogen) atoms. The van der Waals surface area contributed by atoms with Gasteiger partial charge >= 0.3 is 0 Å². The van der Waals surface area contributed by atoms with Crippen molar-refractivity contribution < 1.29 is 19.7 Å². The van der Waals surface area contributed by atoms with Gasteiger partial charge in [-0.1, -0.05) is 11.6 Å². The number of halogens is 1. The highest BCUT2D eigenvalue weighted by Gasteiger charge is 2.17. The number of pyridine rings is 2. The van der Waals surface area contributed by atoms with E-state index in [2.05, 4.69) is 16.0 Å². The largest absolute Gasteiger partial charge is 0.503 e. The molecule has 142 valence electrons. The fourth-order valence-electron chi connectivity index (χ4n) is 2.46. The summed E-state index contributed by atoms with van der Waals surface area (Å²) in [6, 6.07) is 10.5. The highest BCUT2D eigenvalue weighted by atomic mass is 35.5. The summed E-state index contributed by atoms with van der Waals surface area (Å²) in [6.07, 6.45) is 3.31. The Balaban J connectivity index is 0.000000878. The molecule has 0 aliphatic rings. The highest BCUT2D eigenvalue weighted by Crippen LogP contribution is 2.40. The molecule has 0 aliphatic carbocycles. The first kappa shape index (κ1) is 20.5. The van der Waals surface area contributed by atoms with E-state index in [1.54, 1.807) is 36.7 Å². The lowest BCUT2D eigenvalue weighted by Crippen LogP contribution is -2.00. The van der Waals surface area contributed by atoms with Crippen LogP contribution in [0.2, 0.25) is 5.02 Å². The number of carbonyl (C=O) groups is 1. The third-order valence-electron chi connectivity index (χ3n) is 3.68. The smallest absolute Gasteiger partial charge is 0.290 e. The molecule has 0 unspecified atom stereocenters. The lowest BCUT2D eigenvalue weighted by atomic mass is 9.98. The average molecular weight is 399 g/mol. The maximum atomic E-state index is 9.92. The summed E-state index contributed by atoms with van der Waals surface area (Å²) in [7, 11) is 1.42. The van der Waals surface area contributed by atoms with Crippen LogP contribution < -0.4 is 10.5 Å². The van der Waals surface area contributed by atoms with Gasteiger partial charge in [-0.2, -0.15) is 5.26 Å². The van der Waals surface area contributed by atoms with Crippen molar-refractivity contribution in [3.05, 3.63) is 53.3 Å². The average Bonchev–Trinajstić information content (AvgIpc) is 2.70. The van der Waals surface area contributed by atoms with Crippen molar-refractivity contribution in [3.8, 4) is 40.0 Å². The fraction of sp³-hybridized carbons (Fsp3) is 0.0526. The van der Waals surface area contributed by atoms with Crippen molar-refractivity contribution in [2.45, 2.75) is 0 Å². The molecule has 0 amide bonds. The van der Waals surface area contributed by atoms with E-state index in [0.717, 1.165) is 5.56 Å². The van der Waals surface area contributed by atoms with Crippen LogP contribution in [0.5, 0.6) is 11.5 Å². The van der Waals surface area contributed by atoms with Crippen LogP contribution in [0.3, 0.4) is 0 Å². The zero-order valence-corrected chi connectivity index (χ0v) is 15.4. The first-order chi connectivity index (χ1) is 13.5. The number of methoxy groups -OCH3 is 1. The summed E-state index contributed by atoms with van der Waals surface area (Å²) < 4.78 is 5.13. The van der Waals surface area contributed by atoms with Crippen molar-refractivity contribution in [2.75, 3.05) is 12.8 Å². The molecule has 2 heterocycles. The molecule has 0 fully saturated rings. The molecule has 0 radical (unpaired) electrons. The maximum Gasteiger partial charge on any atom is 0.290 e. The van der Waals surface area contributed by atoms with Gasteiger partial charge in [0.2, 0.25) is 0 Å². The van der Waals surface area contributed by atoms with E-state index in [4.69, 9.17) is 32.0 Å². The minimum Gasteiger partial charge on any atom is -0.503 e. The van der Waals surface area contributed by atoms with Crippen molar-refractivity contribution in [1.29, 1.82) is 5.26 Å². The maximum absolute atomic E-state index is 9.92. The SMILES string of the molecule is COc1cc(-c2cc(-c3cccnc3)nc(N)c2C#N)cc(Cl)c1O.O=CO. The van der Waals surface area contributed by atoms with Crippen LogP contribution in [0, 0.1) is 11.3 Å². The first-order valence-electron chi connectivity index (χ1n) is 7.72. The van der Waals surface area contributed by atoms with Crippen LogP contribution >= 0.6 is 11.6 Å². The number of anilines is 1. The van der Waals surface area contributed by atoms with E-state index in [0.29, 0.717) is 16.8 Å². The predicted octanol–water partition coefficient (Wildman–Crippen LogP) is 3.33. The van der Waals surface area contributed by atoms with Gasteiger partial charge in [-0.25, -0.2) is 4.98 Å². The standard InChI is InChI=1S/C18H13ClN4O2.CH2O2/c1-25-16-6-11(5-14(19)17(16)24)12-7-15(10-3-2-4-22-9-10)23-18(21)13(12)8-20;2-1-3/h2-7,9,24H,1H3,(H2,21,23);1H,(H,2,3). The van der Waals surface area contributed by atoms with Crippen molar-refractivity contribution in [3.63, 3.8) is 0 Å². The van der Waals surface area contributed by atoms with Crippen LogP contribution in [0.25, 0.3) is 22.4 Å². The van der Waals surface area contributed by atoms with Gasteiger partial charge in [0.15, 0.2) is 11.5 Å². The molecule has 8 nitrogen and oxygen atoms in total. The van der Waals surface area contributed by atoms with Gasteiger partial charge in [0, 0.05) is 23.5 Å². The van der Waals surface area contributed by atoms with Crippen molar-refractivity contribution in [1.82, 2.24) is 9.97 Å². The number of aromatic hydroxyl groups is 1. The predicted molar refractivity (Wildman–Crippen MR) is 104 cm³/mol. The number of phenolic OH excluding ortho intramolecular Hbond substituents is 1. The lowest BCUT2D eigenvalue weighted by Gasteiger charge is -2.12. The lowest BCUT2D eigenvalue weighted by molar-refractivity contribution is -0.122. The van der Waals surface area contributed by atoms with Gasteiger partial charge < -0.3 is 20.7 Å². The van der Waals surface area contributed by atoms with E-state index >= 15 is 0 Å². The summed E-state index contributed by atoms with van der Waals surface area (Å²) in [6.45, 7) is -0.250. The highest BCUT2D eigenvalue weighted by molar-refractivity contribution is 6.32. The summed E-state index contributed by atoms with van der Waals surface area (Å²) >= 11 is 6.07. The number of ether oxygens (including phenoxy) is 1. The molecule has 4 N–H and O–H groups in total. The Kier molecular flexibility index (Phi) is 6.73. The van der Waals surface area contributed by atoms with Crippen molar-refractivity contribution >= 4 is 23.9 Å². The Morgan fingerprint density at radius 1 is 1.32 bits per heavy atom. The third-order valence-corrected chi connectivity index (χ3v) is 3.96. The molecule has 0 aliphatic heterocycles. The van der Waals surface area contributed by atoms with Crippen LogP contribution in [0.1, 0.15) is 5.56 Å². The summed E-state index contributed by atoms with van der Waals surface area (Å²) in [5, 5.41) is 26.4. The second-order valence-corrected chi connectivity index (χ2v) is 5.69. The summed E-state index contributed by atoms with van der Waals surface area (Å²) in [5.74, 6) is 0.132. The van der Waals surface area contributed by atoms with Gasteiger partial charge in [0.1, 0.15) is 17.5 Å². The quantitative estimate of drug-likeness (QED) is 0.570. The minimum atomic E-state index is -0.250. The number of nitriles is 1. The number of aromatic nitrogens is 2. The number of nitrogens with zero attached hydrogens (tertiary/aromatic N) is 3. The number of rotatable bonds is 3. The van der Waals surface area contributed by atoms with Crippen LogP contribution in [0.15, 0.2) is 42.7 Å². The Morgan fingerprint density at radius 3 is 2.61 bits per heavy atom. The Labute approximate surface area is 165 Å². The molecule has 0 atom stereocenters. The minimum absolute atomic E-state index is 0.0991. The molecule has 1 aromatic carbocycles. The number of phenols is 1. The Morgan fingerprint density at radius 2 is 2.04 bits per heavy atom. The monoisotopic (exact) mass is 398 g/mol. The number of nitrogen functional groups attached to an aromatic ring is 1. The van der Waals surface area contributed by atoms with Gasteiger partial charge in [0.05, 0.1) is 17.8 Å². The van der Waals surface area contributed by atoms with Gasteiger partial charge in [-0.3, -0.25) is 9.78 Å². The number of hydrogen-bond acceptors (Lipinski definition) is 7. The topological polar surface area (TPSA) is 142 Å². The van der Waals surface area contributed by atoms with Crippen LogP contribution in [0.4, 0.5) is 5.82 Å². The molecular formula is C19H15ClN4O4. The van der Waals surface area contributed by atoms with Crippen molar-refractivity contribution in [2.24, 2.45) is 0 Å². The zero-order valence-electron chi connectivity index (χ0n) is 14.6. The van der Waals surface area contributed by atoms with Crippen LogP contribution in [-0.4, -0.2) is 33.8 Å². The number of benzene rings is 1. The Hall–Kier alpha value is -3.83. The molecule has 2 aromatic heterocycles. The van der Waals surface area contributed by atoms with Gasteiger partial charge in [-0.15, -0.1) is 0 Å². The number of nitrogens with two attached hydrogens (primary N) is 1. The molecule has 0 spiro atoms. The second kappa shape index (κ2) is 9.21. The normalized spacial score (nSPS) is 9.61. The molecule has 0 saturated heterocycles. The van der Waals surface area contributed by atoms with E-state index in [9.17, 15) is 10.4 Å². The third kappa shape index (κ3) is 4.28. The summed E-state index contributed by atoms with van der Waals surface area (Å²) in [4.78, 5) is 16.7. The molecule has 3 rings (SSSR count). The fourth-order valence-corrected chi connectivity index (χ4v) is 2.67. The molecule has 0 saturated carbocycles. The second-order valence-electron chi connectivity index (χ2n) is 5.28. The van der Waals surface area contributed by atoms with E-state index in [-0.39, 0.29) is 34.4 Å². The number of carboxylic acid groups (broad SMARTS) is 1. The van der Waals surface area contributed by atoms with Crippen LogP contribution in [-0.2, 0) is 4.79 Å². The first-order valence-corrected chi connectivity index (χ1v) is 8.10. The molecule has 9 heteroatoms. The van der Waals surface area contributed by atoms with E-state index in [1.807, 2.05) is 6.07 Å². The zero-order chi connectivity index (χ0) is 20.7. The van der Waals surface area contributed by atoms with E-state index < -0.39 is 0 Å². The summed E-state index contributed by atoms with van der Waals surface area (Å²) in [5.41, 5.74) is 8.65. The number of hydrogen-bond donors (Lipinski definition) is 3. The Bertz CT molecular complexity index is 1040.